The molecule has 0 aliphatic carbocycles. The third-order valence-corrected chi connectivity index (χ3v) is 21.8. The second-order valence-corrected chi connectivity index (χ2v) is 23.1. The number of aromatic nitrogens is 2. The first-order valence-corrected chi connectivity index (χ1v) is 18.3. The van der Waals surface area contributed by atoms with Crippen LogP contribution in [0.15, 0.2) is 36.4 Å². The summed E-state index contributed by atoms with van der Waals surface area (Å²) in [5.41, 5.74) is 7.64. The van der Waals surface area contributed by atoms with Crippen LogP contribution in [0, 0.1) is 0 Å². The molecule has 32 heavy (non-hydrogen) atoms. The fourth-order valence-electron chi connectivity index (χ4n) is 4.98. The van der Waals surface area contributed by atoms with Gasteiger partial charge in [-0.2, -0.15) is 0 Å². The summed E-state index contributed by atoms with van der Waals surface area (Å²) in [7, 11) is 2.21. The Hall–Kier alpha value is -0.970. The van der Waals surface area contributed by atoms with Gasteiger partial charge in [-0.3, -0.25) is 0 Å². The summed E-state index contributed by atoms with van der Waals surface area (Å²) in [5.74, 6) is 0. The van der Waals surface area contributed by atoms with E-state index in [0.29, 0.717) is 0 Å². The van der Waals surface area contributed by atoms with E-state index in [2.05, 4.69) is 107 Å². The summed E-state index contributed by atoms with van der Waals surface area (Å²) in [5, 5.41) is 2.41. The van der Waals surface area contributed by atoms with Crippen molar-refractivity contribution in [3.8, 4) is 0 Å². The standard InChI is InChI=1S/C26H44B2N2P2/c1-17(2)31(27,18(3)4)15-23-13-11-21-9-10-22-12-14-24(30-26(22)25(21)29-23)16-32(28,19(5)6)20(7)8/h9-14,17-20,31-32H,15-16,27-28H2,1-8H3. The molecule has 0 saturated heterocycles. The van der Waals surface area contributed by atoms with Crippen molar-refractivity contribution < 1.29 is 0 Å². The molecule has 6 heteroatoms. The number of benzene rings is 1. The van der Waals surface area contributed by atoms with Crippen molar-refractivity contribution in [1.82, 2.24) is 9.97 Å². The Balaban J connectivity index is 2.09. The van der Waals surface area contributed by atoms with Crippen LogP contribution in [0.2, 0.25) is 0 Å². The van der Waals surface area contributed by atoms with Crippen molar-refractivity contribution in [1.29, 1.82) is 0 Å². The Bertz CT molecular complexity index is 993. The molecule has 2 aromatic heterocycles. The Kier molecular flexibility index (Phi) is 7.79. The zero-order valence-electron chi connectivity index (χ0n) is 22.1. The Labute approximate surface area is 199 Å². The van der Waals surface area contributed by atoms with Crippen molar-refractivity contribution in [2.45, 2.75) is 90.3 Å². The molecule has 2 nitrogen and oxygen atoms in total. The van der Waals surface area contributed by atoms with E-state index in [1.807, 2.05) is 0 Å². The molecule has 3 aromatic rings. The Morgan fingerprint density at radius 3 is 1.12 bits per heavy atom. The second kappa shape index (κ2) is 9.72. The SMILES string of the molecule is B[PH](Cc1ccc2ccc3ccc(C[PH](B)(C(C)C)C(C)C)nc3c2n1)(C(C)C)C(C)C. The van der Waals surface area contributed by atoms with Crippen molar-refractivity contribution in [3.05, 3.63) is 47.8 Å². The number of pyridine rings is 2. The van der Waals surface area contributed by atoms with Crippen LogP contribution in [0.4, 0.5) is 0 Å². The van der Waals surface area contributed by atoms with Gasteiger partial charge >= 0.3 is 199 Å². The van der Waals surface area contributed by atoms with Crippen LogP contribution in [0.1, 0.15) is 66.8 Å². The molecule has 0 radical (unpaired) electrons. The molecule has 2 heterocycles. The zero-order valence-corrected chi connectivity index (χ0v) is 24.1. The zero-order chi connectivity index (χ0) is 23.8. The third-order valence-electron chi connectivity index (χ3n) is 9.03. The van der Waals surface area contributed by atoms with Gasteiger partial charge < -0.3 is 0 Å². The quantitative estimate of drug-likeness (QED) is 0.230. The minimum absolute atomic E-state index is 0.743. The normalized spacial score (nSPS) is 14.4. The van der Waals surface area contributed by atoms with Gasteiger partial charge in [-0.1, -0.05) is 0 Å². The number of nitrogens with zero attached hydrogens (tertiary/aromatic N) is 2. The van der Waals surface area contributed by atoms with Gasteiger partial charge in [0, 0.05) is 0 Å². The second-order valence-electron chi connectivity index (χ2n) is 11.8. The first-order valence-electron chi connectivity index (χ1n) is 12.6. The van der Waals surface area contributed by atoms with Gasteiger partial charge in [0.2, 0.25) is 0 Å². The molecule has 3 rings (SSSR count). The van der Waals surface area contributed by atoms with E-state index < -0.39 is 14.3 Å². The molecule has 1 aromatic carbocycles. The summed E-state index contributed by atoms with van der Waals surface area (Å²) in [6, 6.07) is 13.5. The van der Waals surface area contributed by atoms with Crippen LogP contribution in [0.3, 0.4) is 0 Å². The van der Waals surface area contributed by atoms with Crippen molar-refractivity contribution in [3.63, 3.8) is 0 Å². The molecule has 0 aliphatic rings. The molecule has 0 N–H and O–H groups in total. The summed E-state index contributed by atoms with van der Waals surface area (Å²) in [4.78, 5) is 10.5. The predicted octanol–water partition coefficient (Wildman–Crippen LogP) is 6.01. The molecule has 0 aliphatic heterocycles. The summed E-state index contributed by atoms with van der Waals surface area (Å²) in [6.07, 6.45) is 2.28. The minimum atomic E-state index is -1.45. The predicted molar refractivity (Wildman–Crippen MR) is 159 cm³/mol. The summed E-state index contributed by atoms with van der Waals surface area (Å²) >= 11 is 0. The average Bonchev–Trinajstić information content (AvgIpc) is 2.72. The molecule has 0 spiro atoms. The topological polar surface area (TPSA) is 25.8 Å². The van der Waals surface area contributed by atoms with Crippen molar-refractivity contribution in [2.24, 2.45) is 0 Å². The van der Waals surface area contributed by atoms with E-state index in [1.54, 1.807) is 0 Å². The van der Waals surface area contributed by atoms with Gasteiger partial charge in [0.1, 0.15) is 0 Å². The van der Waals surface area contributed by atoms with E-state index in [0.717, 1.165) is 46.0 Å². The van der Waals surface area contributed by atoms with Gasteiger partial charge in [0.05, 0.1) is 0 Å². The molecule has 0 atom stereocenters. The van der Waals surface area contributed by atoms with E-state index in [1.165, 1.54) is 22.2 Å². The molecule has 0 saturated carbocycles. The van der Waals surface area contributed by atoms with Gasteiger partial charge in [0.25, 0.3) is 0 Å². The summed E-state index contributed by atoms with van der Waals surface area (Å²) < 4.78 is 0. The molecule has 0 bridgehead atoms. The molecular weight excluding hydrogens is 424 g/mol. The van der Waals surface area contributed by atoms with Crippen LogP contribution < -0.4 is 0 Å². The van der Waals surface area contributed by atoms with Crippen LogP contribution in [-0.2, 0) is 12.3 Å². The van der Waals surface area contributed by atoms with E-state index in [4.69, 9.17) is 9.97 Å². The van der Waals surface area contributed by atoms with Gasteiger partial charge in [-0.15, -0.1) is 0 Å². The van der Waals surface area contributed by atoms with Gasteiger partial charge in [-0.25, -0.2) is 0 Å². The maximum absolute atomic E-state index is 5.24. The van der Waals surface area contributed by atoms with Crippen LogP contribution in [0.25, 0.3) is 21.8 Å². The Morgan fingerprint density at radius 2 is 0.844 bits per heavy atom. The number of fused-ring (bicyclic) bond motifs is 3. The number of hydrogen-bond donors (Lipinski definition) is 0. The molecule has 174 valence electrons. The molecular formula is C26H44B2N2P2. The summed E-state index contributed by atoms with van der Waals surface area (Å²) in [6.45, 7) is 19.2. The molecule has 0 amide bonds. The van der Waals surface area contributed by atoms with Crippen LogP contribution >= 0.6 is 14.3 Å². The number of rotatable bonds is 8. The Morgan fingerprint density at radius 1 is 0.562 bits per heavy atom. The molecule has 0 unspecified atom stereocenters. The van der Waals surface area contributed by atoms with Gasteiger partial charge in [0.15, 0.2) is 0 Å². The van der Waals surface area contributed by atoms with Crippen molar-refractivity contribution in [2.75, 3.05) is 0 Å². The molecule has 0 fully saturated rings. The maximum atomic E-state index is 5.24. The van der Waals surface area contributed by atoms with E-state index in [-0.39, 0.29) is 0 Å². The first kappa shape index (κ1) is 25.6. The van der Waals surface area contributed by atoms with E-state index >= 15 is 0 Å². The van der Waals surface area contributed by atoms with Gasteiger partial charge in [-0.05, 0) is 0 Å². The van der Waals surface area contributed by atoms with Crippen molar-refractivity contribution >= 4 is 51.2 Å². The van der Waals surface area contributed by atoms with E-state index in [9.17, 15) is 0 Å². The first-order chi connectivity index (χ1) is 14.9. The number of hydrogen-bond acceptors (Lipinski definition) is 2. The monoisotopic (exact) mass is 468 g/mol. The third kappa shape index (κ3) is 4.93. The van der Waals surface area contributed by atoms with Crippen LogP contribution in [-0.4, -0.2) is 47.7 Å². The average molecular weight is 468 g/mol. The fraction of sp³-hybridized carbons (Fsp3) is 0.538. The fourth-order valence-corrected chi connectivity index (χ4v) is 11.2. The van der Waals surface area contributed by atoms with Crippen LogP contribution in [0.5, 0.6) is 0 Å².